The lowest BCUT2D eigenvalue weighted by molar-refractivity contribution is -0.152. The van der Waals surface area contributed by atoms with Gasteiger partial charge in [-0.15, -0.1) is 0 Å². The number of carbonyl (C=O) groups excluding carboxylic acids is 1. The molecule has 0 bridgehead atoms. The van der Waals surface area contributed by atoms with Crippen LogP contribution in [0.15, 0.2) is 30.3 Å². The summed E-state index contributed by atoms with van der Waals surface area (Å²) in [5.74, 6) is 0.676. The Balaban J connectivity index is 1.73. The molecule has 1 aromatic rings. The number of benzene rings is 1. The van der Waals surface area contributed by atoms with Gasteiger partial charge in [-0.3, -0.25) is 4.79 Å². The summed E-state index contributed by atoms with van der Waals surface area (Å²) in [5, 5.41) is 0. The third-order valence-electron chi connectivity index (χ3n) is 5.46. The molecule has 1 aromatic carbocycles. The van der Waals surface area contributed by atoms with E-state index >= 15 is 0 Å². The predicted octanol–water partition coefficient (Wildman–Crippen LogP) is 5.23. The summed E-state index contributed by atoms with van der Waals surface area (Å²) in [6, 6.07) is 9.99. The summed E-state index contributed by atoms with van der Waals surface area (Å²) >= 11 is 0. The first-order valence-corrected chi connectivity index (χ1v) is 10.2. The molecular weight excluding hydrogens is 310 g/mol. The molecular formula is C22H35NO2. The van der Waals surface area contributed by atoms with E-state index in [2.05, 4.69) is 0 Å². The molecule has 1 unspecified atom stereocenters. The Morgan fingerprint density at radius 1 is 1.00 bits per heavy atom. The second-order valence-electron chi connectivity index (χ2n) is 7.44. The molecule has 140 valence electrons. The summed E-state index contributed by atoms with van der Waals surface area (Å²) in [7, 11) is 0. The third kappa shape index (κ3) is 7.60. The number of hydrogen-bond acceptors (Lipinski definition) is 3. The van der Waals surface area contributed by atoms with E-state index in [1.54, 1.807) is 0 Å². The van der Waals surface area contributed by atoms with Crippen molar-refractivity contribution in [2.45, 2.75) is 77.2 Å². The van der Waals surface area contributed by atoms with Crippen molar-refractivity contribution in [2.24, 2.45) is 17.6 Å². The monoisotopic (exact) mass is 345 g/mol. The van der Waals surface area contributed by atoms with Gasteiger partial charge in [0.15, 0.2) is 0 Å². The van der Waals surface area contributed by atoms with Crippen LogP contribution in [-0.2, 0) is 16.1 Å². The molecule has 1 fully saturated rings. The Morgan fingerprint density at radius 2 is 1.64 bits per heavy atom. The molecule has 0 aliphatic heterocycles. The Kier molecular flexibility index (Phi) is 9.65. The summed E-state index contributed by atoms with van der Waals surface area (Å²) < 4.78 is 5.66. The second kappa shape index (κ2) is 12.1. The minimum atomic E-state index is 0.0267. The van der Waals surface area contributed by atoms with Gasteiger partial charge in [-0.25, -0.2) is 0 Å². The van der Waals surface area contributed by atoms with Crippen LogP contribution in [-0.4, -0.2) is 12.5 Å². The van der Waals surface area contributed by atoms with Gasteiger partial charge in [0.05, 0.1) is 5.92 Å². The zero-order chi connectivity index (χ0) is 17.7. The molecule has 1 saturated carbocycles. The lowest BCUT2D eigenvalue weighted by atomic mass is 9.86. The topological polar surface area (TPSA) is 52.3 Å². The molecule has 0 saturated heterocycles. The summed E-state index contributed by atoms with van der Waals surface area (Å²) in [6.07, 6.45) is 13.2. The average molecular weight is 346 g/mol. The van der Waals surface area contributed by atoms with Crippen molar-refractivity contribution in [3.05, 3.63) is 35.9 Å². The van der Waals surface area contributed by atoms with E-state index in [1.165, 1.54) is 51.4 Å². The highest BCUT2D eigenvalue weighted by atomic mass is 16.5. The maximum atomic E-state index is 12.7. The van der Waals surface area contributed by atoms with E-state index in [0.717, 1.165) is 31.4 Å². The smallest absolute Gasteiger partial charge is 0.309 e. The number of carbonyl (C=O) groups is 1. The van der Waals surface area contributed by atoms with E-state index < -0.39 is 0 Å². The quantitative estimate of drug-likeness (QED) is 0.417. The lowest BCUT2D eigenvalue weighted by Crippen LogP contribution is -2.24. The lowest BCUT2D eigenvalue weighted by Gasteiger charge is -2.22. The fourth-order valence-corrected chi connectivity index (χ4v) is 3.96. The highest BCUT2D eigenvalue weighted by Gasteiger charge is 2.31. The van der Waals surface area contributed by atoms with Crippen molar-refractivity contribution < 1.29 is 9.53 Å². The largest absolute Gasteiger partial charge is 0.461 e. The molecule has 2 N–H and O–H groups in total. The zero-order valence-corrected chi connectivity index (χ0v) is 15.6. The van der Waals surface area contributed by atoms with E-state index in [4.69, 9.17) is 10.5 Å². The predicted molar refractivity (Wildman–Crippen MR) is 103 cm³/mol. The molecule has 0 spiro atoms. The van der Waals surface area contributed by atoms with Gasteiger partial charge in [-0.1, -0.05) is 75.3 Å². The molecule has 1 atom stereocenters. The van der Waals surface area contributed by atoms with Gasteiger partial charge < -0.3 is 10.5 Å². The molecule has 2 rings (SSSR count). The number of nitrogens with two attached hydrogens (primary N) is 1. The SMILES string of the molecule is NCCCCCCCCC(C(=O)OCc1ccccc1)C1CCCC1. The van der Waals surface area contributed by atoms with Crippen LogP contribution >= 0.6 is 0 Å². The third-order valence-corrected chi connectivity index (χ3v) is 5.46. The van der Waals surface area contributed by atoms with Crippen molar-refractivity contribution in [2.75, 3.05) is 6.54 Å². The Hall–Kier alpha value is -1.35. The van der Waals surface area contributed by atoms with Crippen LogP contribution in [0.1, 0.15) is 76.2 Å². The van der Waals surface area contributed by atoms with Crippen LogP contribution < -0.4 is 5.73 Å². The standard InChI is InChI=1S/C22H35NO2/c23-17-11-4-2-1-3-8-16-21(20-14-9-10-15-20)22(24)25-18-19-12-6-5-7-13-19/h5-7,12-13,20-21H,1-4,8-11,14-18,23H2. The van der Waals surface area contributed by atoms with Gasteiger partial charge in [0.25, 0.3) is 0 Å². The number of hydrogen-bond donors (Lipinski definition) is 1. The molecule has 1 aliphatic rings. The van der Waals surface area contributed by atoms with Crippen molar-refractivity contribution in [3.63, 3.8) is 0 Å². The number of esters is 1. The van der Waals surface area contributed by atoms with Crippen molar-refractivity contribution >= 4 is 5.97 Å². The zero-order valence-electron chi connectivity index (χ0n) is 15.6. The Morgan fingerprint density at radius 3 is 2.32 bits per heavy atom. The van der Waals surface area contributed by atoms with Gasteiger partial charge in [0.2, 0.25) is 0 Å². The minimum Gasteiger partial charge on any atom is -0.461 e. The molecule has 25 heavy (non-hydrogen) atoms. The first-order valence-electron chi connectivity index (χ1n) is 10.2. The fourth-order valence-electron chi connectivity index (χ4n) is 3.96. The fraction of sp³-hybridized carbons (Fsp3) is 0.682. The van der Waals surface area contributed by atoms with Crippen LogP contribution in [0.3, 0.4) is 0 Å². The first-order chi connectivity index (χ1) is 12.3. The van der Waals surface area contributed by atoms with Gasteiger partial charge in [0, 0.05) is 0 Å². The second-order valence-corrected chi connectivity index (χ2v) is 7.44. The van der Waals surface area contributed by atoms with Gasteiger partial charge in [-0.2, -0.15) is 0 Å². The molecule has 1 aliphatic carbocycles. The van der Waals surface area contributed by atoms with Crippen molar-refractivity contribution in [1.82, 2.24) is 0 Å². The molecule has 0 amide bonds. The first kappa shape index (κ1) is 20.0. The van der Waals surface area contributed by atoms with Gasteiger partial charge >= 0.3 is 5.97 Å². The van der Waals surface area contributed by atoms with E-state index in [1.807, 2.05) is 30.3 Å². The van der Waals surface area contributed by atoms with E-state index in [-0.39, 0.29) is 11.9 Å². The highest BCUT2D eigenvalue weighted by Crippen LogP contribution is 2.35. The number of ether oxygens (including phenoxy) is 1. The van der Waals surface area contributed by atoms with Crippen LogP contribution in [0.2, 0.25) is 0 Å². The van der Waals surface area contributed by atoms with Gasteiger partial charge in [0.1, 0.15) is 6.61 Å². The Labute approximate surface area is 153 Å². The summed E-state index contributed by atoms with van der Waals surface area (Å²) in [5.41, 5.74) is 6.60. The maximum absolute atomic E-state index is 12.7. The molecule has 0 aromatic heterocycles. The molecule has 0 radical (unpaired) electrons. The molecule has 0 heterocycles. The van der Waals surface area contributed by atoms with Crippen LogP contribution in [0.5, 0.6) is 0 Å². The molecule has 3 heteroatoms. The van der Waals surface area contributed by atoms with Crippen LogP contribution in [0.25, 0.3) is 0 Å². The maximum Gasteiger partial charge on any atom is 0.309 e. The van der Waals surface area contributed by atoms with E-state index in [0.29, 0.717) is 12.5 Å². The molecule has 3 nitrogen and oxygen atoms in total. The highest BCUT2D eigenvalue weighted by molar-refractivity contribution is 5.72. The Bertz CT molecular complexity index is 468. The summed E-state index contributed by atoms with van der Waals surface area (Å²) in [4.78, 5) is 12.7. The van der Waals surface area contributed by atoms with Crippen molar-refractivity contribution in [3.8, 4) is 0 Å². The number of rotatable bonds is 12. The van der Waals surface area contributed by atoms with Crippen LogP contribution in [0.4, 0.5) is 0 Å². The minimum absolute atomic E-state index is 0.0267. The summed E-state index contributed by atoms with van der Waals surface area (Å²) in [6.45, 7) is 1.21. The van der Waals surface area contributed by atoms with Gasteiger partial charge in [-0.05, 0) is 43.7 Å². The number of unbranched alkanes of at least 4 members (excludes halogenated alkanes) is 5. The average Bonchev–Trinajstić information content (AvgIpc) is 3.17. The normalized spacial score (nSPS) is 16.0. The van der Waals surface area contributed by atoms with Crippen LogP contribution in [0, 0.1) is 11.8 Å². The van der Waals surface area contributed by atoms with Crippen molar-refractivity contribution in [1.29, 1.82) is 0 Å². The van der Waals surface area contributed by atoms with E-state index in [9.17, 15) is 4.79 Å².